The van der Waals surface area contributed by atoms with Gasteiger partial charge in [-0.1, -0.05) is 30.3 Å². The van der Waals surface area contributed by atoms with Gasteiger partial charge in [-0.05, 0) is 31.7 Å². The van der Waals surface area contributed by atoms with Crippen LogP contribution in [0.4, 0.5) is 10.6 Å². The van der Waals surface area contributed by atoms with Gasteiger partial charge in [0.05, 0.1) is 48.6 Å². The van der Waals surface area contributed by atoms with Crippen molar-refractivity contribution in [1.82, 2.24) is 20.5 Å². The number of carbonyl (C=O) groups excluding carboxylic acids is 1. The number of nitrogens with zero attached hydrogens (tertiary/aromatic N) is 2. The lowest BCUT2D eigenvalue weighted by Gasteiger charge is -2.17. The number of pyridine rings is 1. The number of anilines is 1. The summed E-state index contributed by atoms with van der Waals surface area (Å²) in [6.45, 7) is 2.09. The summed E-state index contributed by atoms with van der Waals surface area (Å²) < 4.78 is 11.3. The van der Waals surface area contributed by atoms with E-state index in [2.05, 4.69) is 25.8 Å². The Morgan fingerprint density at radius 1 is 1.32 bits per heavy atom. The molecular weight excluding hydrogens is 398 g/mol. The Balaban J connectivity index is 1.51. The van der Waals surface area contributed by atoms with E-state index in [-0.39, 0.29) is 24.8 Å². The Hall–Kier alpha value is -3.17. The minimum Gasteiger partial charge on any atom is -0.479 e. The van der Waals surface area contributed by atoms with Crippen LogP contribution in [0.3, 0.4) is 0 Å². The zero-order valence-electron chi connectivity index (χ0n) is 17.6. The number of nitrogens with one attached hydrogen (secondary N) is 3. The van der Waals surface area contributed by atoms with E-state index in [0.29, 0.717) is 28.3 Å². The summed E-state index contributed by atoms with van der Waals surface area (Å²) >= 11 is 0. The Bertz CT molecular complexity index is 1040. The number of fused-ring (bicyclic) bond motifs is 1. The molecule has 3 atom stereocenters. The number of urea groups is 1. The molecule has 1 unspecified atom stereocenters. The number of amides is 2. The molecule has 164 valence electrons. The second-order valence-electron chi connectivity index (χ2n) is 7.69. The Morgan fingerprint density at radius 3 is 2.84 bits per heavy atom. The Morgan fingerprint density at radius 2 is 2.13 bits per heavy atom. The fraction of sp³-hybridized carbons (Fsp3) is 0.409. The van der Waals surface area contributed by atoms with E-state index in [4.69, 9.17) is 9.47 Å². The fourth-order valence-electron chi connectivity index (χ4n) is 3.87. The minimum atomic E-state index is -0.465. The largest absolute Gasteiger partial charge is 0.479 e. The molecule has 4 N–H and O–H groups in total. The van der Waals surface area contributed by atoms with Gasteiger partial charge in [-0.3, -0.25) is 10.4 Å². The van der Waals surface area contributed by atoms with Crippen molar-refractivity contribution in [1.29, 1.82) is 0 Å². The van der Waals surface area contributed by atoms with Crippen molar-refractivity contribution in [3.63, 3.8) is 0 Å². The van der Waals surface area contributed by atoms with Crippen LogP contribution in [0, 0.1) is 0 Å². The summed E-state index contributed by atoms with van der Waals surface area (Å²) in [4.78, 5) is 17.1. The van der Waals surface area contributed by atoms with Gasteiger partial charge in [0, 0.05) is 6.07 Å². The first-order valence-corrected chi connectivity index (χ1v) is 10.4. The highest BCUT2D eigenvalue weighted by Gasteiger charge is 2.27. The lowest BCUT2D eigenvalue weighted by Crippen LogP contribution is -2.31. The number of benzene rings is 1. The summed E-state index contributed by atoms with van der Waals surface area (Å²) in [5, 5.41) is 23.5. The third-order valence-electron chi connectivity index (χ3n) is 5.52. The molecule has 2 amide bonds. The minimum absolute atomic E-state index is 0.163. The Labute approximate surface area is 180 Å². The SMILES string of the molecule is COc1n[nH]c2cc(NC(=O)NC(C)c3ccccc3)nc(CO[C@@H]3CCC[C@@H]3O)c12. The molecule has 1 saturated carbocycles. The third-order valence-corrected chi connectivity index (χ3v) is 5.52. The number of aromatic amines is 1. The van der Waals surface area contributed by atoms with Gasteiger partial charge < -0.3 is 19.9 Å². The van der Waals surface area contributed by atoms with E-state index in [1.807, 2.05) is 37.3 Å². The number of aliphatic hydroxyl groups is 1. The molecule has 2 heterocycles. The zero-order valence-corrected chi connectivity index (χ0v) is 17.6. The number of H-pyrrole nitrogens is 1. The first-order chi connectivity index (χ1) is 15.0. The van der Waals surface area contributed by atoms with Gasteiger partial charge in [0.1, 0.15) is 5.82 Å². The van der Waals surface area contributed by atoms with Crippen LogP contribution in [-0.2, 0) is 11.3 Å². The van der Waals surface area contributed by atoms with Crippen molar-refractivity contribution >= 4 is 22.8 Å². The molecule has 0 saturated heterocycles. The van der Waals surface area contributed by atoms with Gasteiger partial charge >= 0.3 is 6.03 Å². The highest BCUT2D eigenvalue weighted by atomic mass is 16.5. The molecule has 2 aromatic heterocycles. The molecule has 1 aliphatic rings. The maximum Gasteiger partial charge on any atom is 0.320 e. The predicted octanol–water partition coefficient (Wildman–Crippen LogP) is 3.28. The van der Waals surface area contributed by atoms with Crippen molar-refractivity contribution < 1.29 is 19.4 Å². The summed E-state index contributed by atoms with van der Waals surface area (Å²) in [5.41, 5.74) is 2.25. The van der Waals surface area contributed by atoms with Gasteiger partial charge in [0.15, 0.2) is 0 Å². The lowest BCUT2D eigenvalue weighted by molar-refractivity contribution is -0.0279. The van der Waals surface area contributed by atoms with E-state index < -0.39 is 6.10 Å². The average Bonchev–Trinajstić information content (AvgIpc) is 3.38. The summed E-state index contributed by atoms with van der Waals surface area (Å²) in [7, 11) is 1.53. The molecule has 3 aromatic rings. The molecule has 1 aliphatic carbocycles. The van der Waals surface area contributed by atoms with Gasteiger partial charge in [-0.2, -0.15) is 0 Å². The zero-order chi connectivity index (χ0) is 21.8. The van der Waals surface area contributed by atoms with Crippen LogP contribution in [-0.4, -0.2) is 45.6 Å². The number of aromatic nitrogens is 3. The van der Waals surface area contributed by atoms with E-state index in [1.54, 1.807) is 6.07 Å². The van der Waals surface area contributed by atoms with E-state index in [9.17, 15) is 9.90 Å². The van der Waals surface area contributed by atoms with Crippen molar-refractivity contribution in [2.45, 2.75) is 51.0 Å². The molecule has 4 rings (SSSR count). The molecule has 9 heteroatoms. The predicted molar refractivity (Wildman–Crippen MR) is 116 cm³/mol. The highest BCUT2D eigenvalue weighted by Crippen LogP contribution is 2.30. The van der Waals surface area contributed by atoms with Crippen molar-refractivity contribution in [2.75, 3.05) is 12.4 Å². The topological polar surface area (TPSA) is 121 Å². The quantitative estimate of drug-likeness (QED) is 0.461. The van der Waals surface area contributed by atoms with Gasteiger partial charge in [-0.25, -0.2) is 9.78 Å². The van der Waals surface area contributed by atoms with E-state index in [1.165, 1.54) is 7.11 Å². The van der Waals surface area contributed by atoms with Crippen molar-refractivity contribution in [2.24, 2.45) is 0 Å². The lowest BCUT2D eigenvalue weighted by atomic mass is 10.1. The molecule has 0 spiro atoms. The standard InChI is InChI=1S/C22H27N5O4/c1-13(14-7-4-3-5-8-14)23-22(29)25-19-11-15-20(21(30-2)27-26-15)16(24-19)12-31-18-10-6-9-17(18)28/h3-5,7-8,11,13,17-18,28H,6,9-10,12H2,1-2H3,(H,26,27)(H2,23,24,25,29)/t13?,17-,18+/m0/s1. The number of hydrogen-bond acceptors (Lipinski definition) is 6. The maximum absolute atomic E-state index is 12.5. The fourth-order valence-corrected chi connectivity index (χ4v) is 3.87. The number of ether oxygens (including phenoxy) is 2. The monoisotopic (exact) mass is 425 g/mol. The molecule has 31 heavy (non-hydrogen) atoms. The normalized spacial score (nSPS) is 19.3. The molecule has 1 fully saturated rings. The van der Waals surface area contributed by atoms with Gasteiger partial charge in [0.25, 0.3) is 0 Å². The number of aliphatic hydroxyl groups excluding tert-OH is 1. The van der Waals surface area contributed by atoms with E-state index in [0.717, 1.165) is 24.8 Å². The van der Waals surface area contributed by atoms with Crippen LogP contribution in [0.1, 0.15) is 43.5 Å². The Kier molecular flexibility index (Phi) is 6.34. The van der Waals surface area contributed by atoms with Crippen LogP contribution in [0.25, 0.3) is 10.9 Å². The summed E-state index contributed by atoms with van der Waals surface area (Å²) in [5.74, 6) is 0.768. The highest BCUT2D eigenvalue weighted by molar-refractivity contribution is 5.93. The van der Waals surface area contributed by atoms with Crippen LogP contribution in [0.15, 0.2) is 36.4 Å². The molecular formula is C22H27N5O4. The van der Waals surface area contributed by atoms with Crippen LogP contribution >= 0.6 is 0 Å². The first-order valence-electron chi connectivity index (χ1n) is 10.4. The molecule has 0 aliphatic heterocycles. The van der Waals surface area contributed by atoms with Crippen LogP contribution in [0.5, 0.6) is 5.88 Å². The summed E-state index contributed by atoms with van der Waals surface area (Å²) in [6, 6.07) is 10.9. The van der Waals surface area contributed by atoms with Crippen molar-refractivity contribution in [3.05, 3.63) is 47.7 Å². The number of methoxy groups -OCH3 is 1. The third kappa shape index (κ3) is 4.78. The molecule has 9 nitrogen and oxygen atoms in total. The second-order valence-corrected chi connectivity index (χ2v) is 7.69. The molecule has 1 aromatic carbocycles. The first kappa shape index (κ1) is 21.1. The van der Waals surface area contributed by atoms with Crippen molar-refractivity contribution in [3.8, 4) is 5.88 Å². The number of carbonyl (C=O) groups is 1. The molecule has 0 bridgehead atoms. The number of hydrogen-bond donors (Lipinski definition) is 4. The van der Waals surface area contributed by atoms with Crippen LogP contribution in [0.2, 0.25) is 0 Å². The average molecular weight is 425 g/mol. The maximum atomic E-state index is 12.5. The van der Waals surface area contributed by atoms with E-state index >= 15 is 0 Å². The van der Waals surface area contributed by atoms with Crippen LogP contribution < -0.4 is 15.4 Å². The summed E-state index contributed by atoms with van der Waals surface area (Å²) in [6.07, 6.45) is 1.80. The van der Waals surface area contributed by atoms with Gasteiger partial charge in [-0.15, -0.1) is 5.10 Å². The smallest absolute Gasteiger partial charge is 0.320 e. The number of rotatable bonds is 7. The molecule has 0 radical (unpaired) electrons. The van der Waals surface area contributed by atoms with Gasteiger partial charge in [0.2, 0.25) is 5.88 Å². The second kappa shape index (κ2) is 9.32.